The number of rotatable bonds is 5. The van der Waals surface area contributed by atoms with Gasteiger partial charge in [0.05, 0.1) is 6.54 Å². The molecule has 2 rings (SSSR count). The van der Waals surface area contributed by atoms with Crippen LogP contribution < -0.4 is 10.6 Å². The minimum Gasteiger partial charge on any atom is -0.351 e. The highest BCUT2D eigenvalue weighted by molar-refractivity contribution is 5.78. The van der Waals surface area contributed by atoms with Crippen LogP contribution in [0, 0.1) is 16.7 Å². The van der Waals surface area contributed by atoms with Gasteiger partial charge in [-0.3, -0.25) is 4.79 Å². The molecular formula is C16H30N2O. The van der Waals surface area contributed by atoms with Crippen LogP contribution in [0.25, 0.3) is 0 Å². The van der Waals surface area contributed by atoms with Crippen LogP contribution in [0.1, 0.15) is 60.3 Å². The first-order chi connectivity index (χ1) is 8.79. The summed E-state index contributed by atoms with van der Waals surface area (Å²) in [6.45, 7) is 11.7. The van der Waals surface area contributed by atoms with Crippen molar-refractivity contribution in [1.82, 2.24) is 10.6 Å². The number of amides is 1. The topological polar surface area (TPSA) is 41.1 Å². The van der Waals surface area contributed by atoms with E-state index in [1.54, 1.807) is 0 Å². The second-order valence-corrected chi connectivity index (χ2v) is 7.61. The molecule has 0 aromatic rings. The highest BCUT2D eigenvalue weighted by Gasteiger charge is 2.59. The fourth-order valence-corrected chi connectivity index (χ4v) is 4.29. The Morgan fingerprint density at radius 2 is 2.05 bits per heavy atom. The van der Waals surface area contributed by atoms with Crippen LogP contribution in [-0.4, -0.2) is 24.5 Å². The minimum atomic E-state index is 0.159. The molecule has 0 aliphatic heterocycles. The van der Waals surface area contributed by atoms with E-state index in [1.807, 2.05) is 0 Å². The van der Waals surface area contributed by atoms with E-state index in [4.69, 9.17) is 0 Å². The number of nitrogens with one attached hydrogen (secondary N) is 2. The highest BCUT2D eigenvalue weighted by atomic mass is 16.2. The zero-order valence-electron chi connectivity index (χ0n) is 13.2. The summed E-state index contributed by atoms with van der Waals surface area (Å²) in [5, 5.41) is 6.60. The van der Waals surface area contributed by atoms with Crippen LogP contribution in [0.5, 0.6) is 0 Å². The maximum Gasteiger partial charge on any atom is 0.234 e. The molecule has 2 aliphatic carbocycles. The second-order valence-electron chi connectivity index (χ2n) is 7.61. The Morgan fingerprint density at radius 1 is 1.37 bits per heavy atom. The van der Waals surface area contributed by atoms with Crippen LogP contribution in [0.2, 0.25) is 0 Å². The van der Waals surface area contributed by atoms with Gasteiger partial charge in [-0.1, -0.05) is 27.7 Å². The largest absolute Gasteiger partial charge is 0.351 e. The van der Waals surface area contributed by atoms with Gasteiger partial charge >= 0.3 is 0 Å². The SMILES string of the molecule is CCC(C)NCC(=O)NC1C2(C)CCC(C2)C1(C)C. The third kappa shape index (κ3) is 2.67. The fourth-order valence-electron chi connectivity index (χ4n) is 4.29. The van der Waals surface area contributed by atoms with E-state index >= 15 is 0 Å². The lowest BCUT2D eigenvalue weighted by Gasteiger charge is -2.43. The molecule has 4 unspecified atom stereocenters. The first-order valence-electron chi connectivity index (χ1n) is 7.82. The molecule has 0 spiro atoms. The van der Waals surface area contributed by atoms with E-state index in [2.05, 4.69) is 45.3 Å². The van der Waals surface area contributed by atoms with Gasteiger partial charge in [0.1, 0.15) is 0 Å². The summed E-state index contributed by atoms with van der Waals surface area (Å²) in [5.41, 5.74) is 0.569. The van der Waals surface area contributed by atoms with E-state index in [-0.39, 0.29) is 11.3 Å². The third-order valence-electron chi connectivity index (χ3n) is 5.80. The number of hydrogen-bond donors (Lipinski definition) is 2. The molecule has 19 heavy (non-hydrogen) atoms. The Morgan fingerprint density at radius 3 is 2.58 bits per heavy atom. The molecule has 0 aromatic heterocycles. The van der Waals surface area contributed by atoms with E-state index in [9.17, 15) is 4.79 Å². The third-order valence-corrected chi connectivity index (χ3v) is 5.80. The lowest BCUT2D eigenvalue weighted by Crippen LogP contribution is -2.54. The molecule has 0 saturated heterocycles. The van der Waals surface area contributed by atoms with Gasteiger partial charge in [-0.05, 0) is 49.4 Å². The van der Waals surface area contributed by atoms with Gasteiger partial charge in [0.2, 0.25) is 5.91 Å². The lowest BCUT2D eigenvalue weighted by atomic mass is 9.68. The Hall–Kier alpha value is -0.570. The maximum absolute atomic E-state index is 12.2. The minimum absolute atomic E-state index is 0.159. The van der Waals surface area contributed by atoms with Crippen molar-refractivity contribution in [3.8, 4) is 0 Å². The Balaban J connectivity index is 1.93. The highest BCUT2D eigenvalue weighted by Crippen LogP contribution is 2.62. The monoisotopic (exact) mass is 266 g/mol. The molecule has 0 radical (unpaired) electrons. The van der Waals surface area contributed by atoms with E-state index < -0.39 is 0 Å². The van der Waals surface area contributed by atoms with Gasteiger partial charge in [0, 0.05) is 12.1 Å². The van der Waals surface area contributed by atoms with Crippen LogP contribution in [0.15, 0.2) is 0 Å². The van der Waals surface area contributed by atoms with Gasteiger partial charge in [0.15, 0.2) is 0 Å². The molecule has 2 N–H and O–H groups in total. The maximum atomic E-state index is 12.2. The van der Waals surface area contributed by atoms with Crippen molar-refractivity contribution in [2.24, 2.45) is 16.7 Å². The lowest BCUT2D eigenvalue weighted by molar-refractivity contribution is -0.123. The molecule has 4 atom stereocenters. The number of carbonyl (C=O) groups is 1. The normalized spacial score (nSPS) is 37.3. The summed E-state index contributed by atoms with van der Waals surface area (Å²) in [6.07, 6.45) is 4.94. The quantitative estimate of drug-likeness (QED) is 0.803. The van der Waals surface area contributed by atoms with Gasteiger partial charge in [0.25, 0.3) is 0 Å². The molecule has 3 nitrogen and oxygen atoms in total. The number of hydrogen-bond acceptors (Lipinski definition) is 2. The summed E-state index contributed by atoms with van der Waals surface area (Å²) in [4.78, 5) is 12.2. The first-order valence-corrected chi connectivity index (χ1v) is 7.82. The zero-order chi connectivity index (χ0) is 14.3. The molecule has 0 heterocycles. The summed E-state index contributed by atoms with van der Waals surface area (Å²) >= 11 is 0. The second kappa shape index (κ2) is 5.08. The average Bonchev–Trinajstić information content (AvgIpc) is 2.82. The van der Waals surface area contributed by atoms with Gasteiger partial charge in [-0.2, -0.15) is 0 Å². The van der Waals surface area contributed by atoms with Crippen molar-refractivity contribution < 1.29 is 4.79 Å². The van der Waals surface area contributed by atoms with Gasteiger partial charge < -0.3 is 10.6 Å². The van der Waals surface area contributed by atoms with Crippen molar-refractivity contribution in [2.45, 2.75) is 72.4 Å². The van der Waals surface area contributed by atoms with Crippen molar-refractivity contribution in [3.63, 3.8) is 0 Å². The van der Waals surface area contributed by atoms with Gasteiger partial charge in [-0.25, -0.2) is 0 Å². The Kier molecular flexibility index (Phi) is 3.97. The van der Waals surface area contributed by atoms with Crippen molar-refractivity contribution in [2.75, 3.05) is 6.54 Å². The predicted octanol–water partition coefficient (Wildman–Crippen LogP) is 2.71. The molecule has 0 aromatic carbocycles. The van der Waals surface area contributed by atoms with Crippen molar-refractivity contribution in [1.29, 1.82) is 0 Å². The van der Waals surface area contributed by atoms with E-state index in [1.165, 1.54) is 19.3 Å². The first kappa shape index (κ1) is 14.8. The molecule has 2 bridgehead atoms. The molecule has 110 valence electrons. The fraction of sp³-hybridized carbons (Fsp3) is 0.938. The smallest absolute Gasteiger partial charge is 0.234 e. The standard InChI is InChI=1S/C16H30N2O/c1-6-11(2)17-10-13(19)18-14-15(3,4)12-7-8-16(14,5)9-12/h11-12,14,17H,6-10H2,1-5H3,(H,18,19). The van der Waals surface area contributed by atoms with Crippen LogP contribution in [-0.2, 0) is 4.79 Å². The van der Waals surface area contributed by atoms with Crippen LogP contribution >= 0.6 is 0 Å². The average molecular weight is 266 g/mol. The van der Waals surface area contributed by atoms with Crippen molar-refractivity contribution in [3.05, 3.63) is 0 Å². The Labute approximate surface area is 117 Å². The molecule has 2 fully saturated rings. The molecule has 3 heteroatoms. The van der Waals surface area contributed by atoms with Crippen LogP contribution in [0.3, 0.4) is 0 Å². The molecule has 2 aliphatic rings. The summed E-state index contributed by atoms with van der Waals surface area (Å²) < 4.78 is 0. The summed E-state index contributed by atoms with van der Waals surface area (Å²) in [5.74, 6) is 0.942. The zero-order valence-corrected chi connectivity index (χ0v) is 13.2. The Bertz CT molecular complexity index is 348. The number of fused-ring (bicyclic) bond motifs is 2. The molecular weight excluding hydrogens is 236 g/mol. The van der Waals surface area contributed by atoms with Crippen LogP contribution in [0.4, 0.5) is 0 Å². The number of carbonyl (C=O) groups excluding carboxylic acids is 1. The van der Waals surface area contributed by atoms with E-state index in [0.717, 1.165) is 12.3 Å². The van der Waals surface area contributed by atoms with Gasteiger partial charge in [-0.15, -0.1) is 0 Å². The van der Waals surface area contributed by atoms with Crippen molar-refractivity contribution >= 4 is 5.91 Å². The predicted molar refractivity (Wildman–Crippen MR) is 78.9 cm³/mol. The summed E-state index contributed by atoms with van der Waals surface area (Å²) in [7, 11) is 0. The molecule has 1 amide bonds. The van der Waals surface area contributed by atoms with E-state index in [0.29, 0.717) is 24.0 Å². The molecule has 2 saturated carbocycles. The summed E-state index contributed by atoms with van der Waals surface area (Å²) in [6, 6.07) is 0.749.